The number of amides is 3. The van der Waals surface area contributed by atoms with Crippen molar-refractivity contribution >= 4 is 29.4 Å². The molecule has 0 bridgehead atoms. The van der Waals surface area contributed by atoms with Crippen LogP contribution in [-0.4, -0.2) is 91.2 Å². The Kier molecular flexibility index (Phi) is 7.25. The molecule has 29 heavy (non-hydrogen) atoms. The highest BCUT2D eigenvalue weighted by Crippen LogP contribution is 2.37. The molecule has 160 valence electrons. The molecule has 2 heterocycles. The number of alkyl halides is 3. The van der Waals surface area contributed by atoms with Gasteiger partial charge in [0.2, 0.25) is 5.91 Å². The Morgan fingerprint density at radius 2 is 1.59 bits per heavy atom. The number of thioether (sulfide) groups is 1. The maximum absolute atomic E-state index is 12.4. The first-order valence-corrected chi connectivity index (χ1v) is 10.1. The van der Waals surface area contributed by atoms with E-state index >= 15 is 0 Å². The minimum atomic E-state index is -4.34. The predicted molar refractivity (Wildman–Crippen MR) is 103 cm³/mol. The highest BCUT2D eigenvalue weighted by atomic mass is 32.2. The Bertz CT molecular complexity index is 703. The van der Waals surface area contributed by atoms with Crippen molar-refractivity contribution in [2.24, 2.45) is 0 Å². The Morgan fingerprint density at radius 1 is 0.966 bits per heavy atom. The fourth-order valence-corrected chi connectivity index (χ4v) is 3.70. The summed E-state index contributed by atoms with van der Waals surface area (Å²) in [6.45, 7) is 4.81. The van der Waals surface area contributed by atoms with E-state index in [0.717, 1.165) is 0 Å². The maximum Gasteiger partial charge on any atom is 0.446 e. The van der Waals surface area contributed by atoms with Crippen LogP contribution in [0.2, 0.25) is 0 Å². The molecular weight excluding hydrogens is 409 g/mol. The van der Waals surface area contributed by atoms with Crippen LogP contribution in [0, 0.1) is 0 Å². The summed E-state index contributed by atoms with van der Waals surface area (Å²) in [7, 11) is 0. The van der Waals surface area contributed by atoms with Crippen LogP contribution < -0.4 is 5.32 Å². The highest BCUT2D eigenvalue weighted by Gasteiger charge is 2.29. The molecule has 0 aliphatic carbocycles. The Hall–Kier alpha value is -1.98. The summed E-state index contributed by atoms with van der Waals surface area (Å²) >= 11 is -0.195. The highest BCUT2D eigenvalue weighted by molar-refractivity contribution is 8.00. The summed E-state index contributed by atoms with van der Waals surface area (Å²) in [5.74, 6) is 0.0722. The number of urea groups is 1. The molecule has 1 N–H and O–H groups in total. The van der Waals surface area contributed by atoms with Crippen molar-refractivity contribution in [1.82, 2.24) is 14.7 Å². The van der Waals surface area contributed by atoms with Crippen molar-refractivity contribution in [3.05, 3.63) is 24.3 Å². The van der Waals surface area contributed by atoms with Crippen molar-refractivity contribution in [3.63, 3.8) is 0 Å². The van der Waals surface area contributed by atoms with E-state index < -0.39 is 5.51 Å². The minimum absolute atomic E-state index is 0.0639. The van der Waals surface area contributed by atoms with Crippen molar-refractivity contribution in [1.29, 1.82) is 0 Å². The van der Waals surface area contributed by atoms with E-state index in [4.69, 9.17) is 4.74 Å². The van der Waals surface area contributed by atoms with Gasteiger partial charge in [-0.15, -0.1) is 0 Å². The number of rotatable bonds is 4. The molecule has 3 amide bonds. The standard InChI is InChI=1S/C18H23F3N4O3S/c19-18(20,21)29-15-3-1-14(2-4-15)22-17(27)25-7-5-23(6-8-25)13-16(26)24-9-11-28-12-10-24/h1-4H,5-13H2,(H,22,27). The maximum atomic E-state index is 12.4. The number of morpholine rings is 1. The summed E-state index contributed by atoms with van der Waals surface area (Å²) in [5.41, 5.74) is -3.90. The van der Waals surface area contributed by atoms with E-state index in [1.165, 1.54) is 24.3 Å². The van der Waals surface area contributed by atoms with Crippen molar-refractivity contribution < 1.29 is 27.5 Å². The first-order chi connectivity index (χ1) is 13.8. The molecule has 1 aromatic carbocycles. The number of halogens is 3. The number of anilines is 1. The van der Waals surface area contributed by atoms with E-state index in [9.17, 15) is 22.8 Å². The van der Waals surface area contributed by atoms with Crippen LogP contribution in [0.15, 0.2) is 29.2 Å². The number of carbonyl (C=O) groups is 2. The Balaban J connectivity index is 1.42. The lowest BCUT2D eigenvalue weighted by Gasteiger charge is -2.36. The first kappa shape index (κ1) is 21.7. The van der Waals surface area contributed by atoms with Gasteiger partial charge >= 0.3 is 11.5 Å². The van der Waals surface area contributed by atoms with Gasteiger partial charge in [-0.25, -0.2) is 4.79 Å². The summed E-state index contributed by atoms with van der Waals surface area (Å²) < 4.78 is 42.3. The lowest BCUT2D eigenvalue weighted by molar-refractivity contribution is -0.136. The second-order valence-corrected chi connectivity index (χ2v) is 7.90. The number of hydrogen-bond acceptors (Lipinski definition) is 5. The molecule has 2 aliphatic heterocycles. The monoisotopic (exact) mass is 432 g/mol. The van der Waals surface area contributed by atoms with Gasteiger partial charge in [0.1, 0.15) is 0 Å². The molecule has 0 radical (unpaired) electrons. The molecule has 1 aromatic rings. The molecule has 7 nitrogen and oxygen atoms in total. The third kappa shape index (κ3) is 6.79. The Morgan fingerprint density at radius 3 is 2.17 bits per heavy atom. The van der Waals surface area contributed by atoms with Crippen LogP contribution in [0.25, 0.3) is 0 Å². The summed E-state index contributed by atoms with van der Waals surface area (Å²) in [5, 5.41) is 2.70. The molecule has 2 fully saturated rings. The van der Waals surface area contributed by atoms with Crippen LogP contribution in [0.5, 0.6) is 0 Å². The van der Waals surface area contributed by atoms with E-state index in [-0.39, 0.29) is 28.6 Å². The average Bonchev–Trinajstić information content (AvgIpc) is 2.69. The molecule has 3 rings (SSSR count). The zero-order valence-electron chi connectivity index (χ0n) is 15.8. The van der Waals surface area contributed by atoms with Gasteiger partial charge in [0.05, 0.1) is 19.8 Å². The van der Waals surface area contributed by atoms with Crippen LogP contribution in [0.3, 0.4) is 0 Å². The lowest BCUT2D eigenvalue weighted by Crippen LogP contribution is -2.53. The number of piperazine rings is 1. The molecular formula is C18H23F3N4O3S. The molecule has 11 heteroatoms. The van der Waals surface area contributed by atoms with Gasteiger partial charge in [0.15, 0.2) is 0 Å². The number of nitrogens with one attached hydrogen (secondary N) is 1. The second kappa shape index (κ2) is 9.68. The topological polar surface area (TPSA) is 65.1 Å². The minimum Gasteiger partial charge on any atom is -0.378 e. The van der Waals surface area contributed by atoms with Gasteiger partial charge in [-0.3, -0.25) is 9.69 Å². The normalized spacial score (nSPS) is 18.6. The zero-order valence-corrected chi connectivity index (χ0v) is 16.6. The Labute approximate surface area is 171 Å². The molecule has 2 aliphatic rings. The first-order valence-electron chi connectivity index (χ1n) is 9.30. The third-order valence-corrected chi connectivity index (χ3v) is 5.46. The van der Waals surface area contributed by atoms with Crippen LogP contribution >= 0.6 is 11.8 Å². The lowest BCUT2D eigenvalue weighted by atomic mass is 10.3. The molecule has 0 aromatic heterocycles. The number of benzene rings is 1. The molecule has 0 saturated carbocycles. The second-order valence-electron chi connectivity index (χ2n) is 6.76. The van der Waals surface area contributed by atoms with Crippen molar-refractivity contribution in [2.75, 3.05) is 64.3 Å². The largest absolute Gasteiger partial charge is 0.446 e. The fraction of sp³-hybridized carbons (Fsp3) is 0.556. The number of nitrogens with zero attached hydrogens (tertiary/aromatic N) is 3. The summed E-state index contributed by atoms with van der Waals surface area (Å²) in [6.07, 6.45) is 0. The van der Waals surface area contributed by atoms with E-state index in [1.54, 1.807) is 9.80 Å². The van der Waals surface area contributed by atoms with Crippen molar-refractivity contribution in [3.8, 4) is 0 Å². The summed E-state index contributed by atoms with van der Waals surface area (Å²) in [6, 6.07) is 5.23. The van der Waals surface area contributed by atoms with Crippen LogP contribution in [0.4, 0.5) is 23.7 Å². The molecule has 0 spiro atoms. The van der Waals surface area contributed by atoms with Gasteiger partial charge in [-0.2, -0.15) is 13.2 Å². The van der Waals surface area contributed by atoms with Gasteiger partial charge < -0.3 is 19.9 Å². The fourth-order valence-electron chi connectivity index (χ4n) is 3.16. The quantitative estimate of drug-likeness (QED) is 0.740. The smallest absolute Gasteiger partial charge is 0.378 e. The summed E-state index contributed by atoms with van der Waals surface area (Å²) in [4.78, 5) is 30.2. The van der Waals surface area contributed by atoms with Crippen molar-refractivity contribution in [2.45, 2.75) is 10.4 Å². The van der Waals surface area contributed by atoms with E-state index in [2.05, 4.69) is 5.32 Å². The van der Waals surface area contributed by atoms with Gasteiger partial charge in [0.25, 0.3) is 0 Å². The third-order valence-electron chi connectivity index (χ3n) is 4.72. The number of carbonyl (C=O) groups excluding carboxylic acids is 2. The number of ether oxygens (including phenoxy) is 1. The SMILES string of the molecule is O=C(CN1CCN(C(=O)Nc2ccc(SC(F)(F)F)cc2)CC1)N1CCOCC1. The van der Waals surface area contributed by atoms with Gasteiger partial charge in [-0.05, 0) is 36.0 Å². The predicted octanol–water partition coefficient (Wildman–Crippen LogP) is 2.31. The molecule has 2 saturated heterocycles. The average molecular weight is 432 g/mol. The van der Waals surface area contributed by atoms with Crippen LogP contribution in [-0.2, 0) is 9.53 Å². The van der Waals surface area contributed by atoms with Gasteiger partial charge in [-0.1, -0.05) is 0 Å². The molecule has 0 unspecified atom stereocenters. The van der Waals surface area contributed by atoms with Gasteiger partial charge in [0, 0.05) is 49.9 Å². The van der Waals surface area contributed by atoms with Crippen LogP contribution in [0.1, 0.15) is 0 Å². The van der Waals surface area contributed by atoms with E-state index in [1.807, 2.05) is 4.90 Å². The number of hydrogen-bond donors (Lipinski definition) is 1. The zero-order chi connectivity index (χ0) is 20.9. The molecule has 0 atom stereocenters. The van der Waals surface area contributed by atoms with E-state index in [0.29, 0.717) is 64.7 Å².